The first-order chi connectivity index (χ1) is 18.3. The number of aryl methyl sites for hydroxylation is 1. The molecule has 2 fully saturated rings. The number of benzene rings is 1. The van der Waals surface area contributed by atoms with Crippen molar-refractivity contribution in [2.75, 3.05) is 26.3 Å². The second-order valence-corrected chi connectivity index (χ2v) is 9.29. The molecule has 0 aliphatic carbocycles. The molecular formula is C27H39N3O8. The van der Waals surface area contributed by atoms with Crippen LogP contribution in [0, 0.1) is 0 Å². The van der Waals surface area contributed by atoms with Gasteiger partial charge in [0.2, 0.25) is 6.29 Å². The first-order valence-corrected chi connectivity index (χ1v) is 13.4. The average molecular weight is 534 g/mol. The van der Waals surface area contributed by atoms with Crippen LogP contribution >= 0.6 is 0 Å². The standard InChI is InChI=1S/C27H39N3O8/c1-4-35-25(32)22(16-15-20-11-7-6-8-12-20)28-21-13-9-17-29-18-10-14-23(30(29)24(21)31)26(33)37-19(3)38-27(34)36-5-2/h6-8,11-12,19,21-23,28H,4-5,9-10,13-18H2,1-3H3/t19?,21?,22-,23-/m0/s1. The molecule has 2 heterocycles. The fraction of sp³-hybridized carbons (Fsp3) is 0.630. The summed E-state index contributed by atoms with van der Waals surface area (Å²) in [4.78, 5) is 51.2. The van der Waals surface area contributed by atoms with Gasteiger partial charge in [-0.15, -0.1) is 0 Å². The molecule has 2 aliphatic rings. The molecule has 11 nitrogen and oxygen atoms in total. The lowest BCUT2D eigenvalue weighted by atomic mass is 10.0. The van der Waals surface area contributed by atoms with Gasteiger partial charge in [-0.25, -0.2) is 14.6 Å². The number of carbonyl (C=O) groups is 4. The van der Waals surface area contributed by atoms with E-state index in [1.807, 2.05) is 35.3 Å². The molecule has 2 unspecified atom stereocenters. The van der Waals surface area contributed by atoms with Crippen molar-refractivity contribution in [2.45, 2.75) is 83.7 Å². The van der Waals surface area contributed by atoms with Gasteiger partial charge in [-0.1, -0.05) is 30.3 Å². The zero-order valence-corrected chi connectivity index (χ0v) is 22.4. The van der Waals surface area contributed by atoms with Crippen molar-refractivity contribution in [2.24, 2.45) is 0 Å². The molecule has 0 aromatic heterocycles. The molecule has 1 amide bonds. The number of carbonyl (C=O) groups excluding carboxylic acids is 4. The average Bonchev–Trinajstić information content (AvgIpc) is 3.05. The van der Waals surface area contributed by atoms with E-state index in [-0.39, 0.29) is 19.1 Å². The Balaban J connectivity index is 1.71. The lowest BCUT2D eigenvalue weighted by molar-refractivity contribution is -0.191. The molecule has 0 spiro atoms. The Labute approximate surface area is 223 Å². The Morgan fingerprint density at radius 2 is 1.68 bits per heavy atom. The third-order valence-corrected chi connectivity index (χ3v) is 6.54. The maximum atomic E-state index is 13.8. The third kappa shape index (κ3) is 8.16. The first kappa shape index (κ1) is 29.4. The highest BCUT2D eigenvalue weighted by atomic mass is 16.8. The summed E-state index contributed by atoms with van der Waals surface area (Å²) in [6.45, 7) is 6.39. The molecule has 0 saturated carbocycles. The van der Waals surface area contributed by atoms with Crippen LogP contribution in [0.3, 0.4) is 0 Å². The van der Waals surface area contributed by atoms with Crippen molar-refractivity contribution in [3.05, 3.63) is 35.9 Å². The van der Waals surface area contributed by atoms with Gasteiger partial charge in [0.1, 0.15) is 12.1 Å². The van der Waals surface area contributed by atoms with Crippen LogP contribution in [0.4, 0.5) is 4.79 Å². The molecule has 1 N–H and O–H groups in total. The number of fused-ring (bicyclic) bond motifs is 1. The Morgan fingerprint density at radius 1 is 1.00 bits per heavy atom. The van der Waals surface area contributed by atoms with Gasteiger partial charge in [0.15, 0.2) is 0 Å². The van der Waals surface area contributed by atoms with Gasteiger partial charge in [0, 0.05) is 20.0 Å². The van der Waals surface area contributed by atoms with Crippen molar-refractivity contribution in [3.8, 4) is 0 Å². The van der Waals surface area contributed by atoms with Crippen LogP contribution in [0.25, 0.3) is 0 Å². The predicted octanol–water partition coefficient (Wildman–Crippen LogP) is 2.57. The third-order valence-electron chi connectivity index (χ3n) is 6.54. The van der Waals surface area contributed by atoms with Crippen molar-refractivity contribution in [1.29, 1.82) is 0 Å². The molecular weight excluding hydrogens is 494 g/mol. The molecule has 4 atom stereocenters. The molecule has 1 aromatic rings. The number of hydrazine groups is 1. The minimum atomic E-state index is -1.17. The Kier molecular flexibility index (Phi) is 11.3. The molecule has 11 heteroatoms. The molecule has 210 valence electrons. The van der Waals surface area contributed by atoms with Crippen molar-refractivity contribution in [1.82, 2.24) is 15.3 Å². The first-order valence-electron chi connectivity index (χ1n) is 13.4. The van der Waals surface area contributed by atoms with E-state index in [2.05, 4.69) is 5.32 Å². The molecule has 0 radical (unpaired) electrons. The number of ether oxygens (including phenoxy) is 4. The Morgan fingerprint density at radius 3 is 2.37 bits per heavy atom. The van der Waals surface area contributed by atoms with E-state index in [0.717, 1.165) is 5.56 Å². The van der Waals surface area contributed by atoms with E-state index in [4.69, 9.17) is 18.9 Å². The monoisotopic (exact) mass is 533 g/mol. The van der Waals surface area contributed by atoms with Crippen molar-refractivity contribution < 1.29 is 38.1 Å². The normalized spacial score (nSPS) is 21.4. The molecule has 1 aromatic carbocycles. The number of rotatable bonds is 11. The van der Waals surface area contributed by atoms with Crippen LogP contribution in [0.2, 0.25) is 0 Å². The van der Waals surface area contributed by atoms with Crippen LogP contribution in [0.1, 0.15) is 58.4 Å². The smallest absolute Gasteiger partial charge is 0.465 e. The van der Waals surface area contributed by atoms with Crippen LogP contribution < -0.4 is 5.32 Å². The summed E-state index contributed by atoms with van der Waals surface area (Å²) in [6, 6.07) is 7.60. The number of hydrogen-bond acceptors (Lipinski definition) is 10. The van der Waals surface area contributed by atoms with E-state index < -0.39 is 42.5 Å². The van der Waals surface area contributed by atoms with E-state index in [1.165, 1.54) is 11.9 Å². The number of hydrogen-bond donors (Lipinski definition) is 1. The Bertz CT molecular complexity index is 944. The van der Waals surface area contributed by atoms with Crippen LogP contribution in [-0.4, -0.2) is 84.7 Å². The van der Waals surface area contributed by atoms with E-state index in [0.29, 0.717) is 51.6 Å². The maximum Gasteiger partial charge on any atom is 0.511 e. The van der Waals surface area contributed by atoms with E-state index in [9.17, 15) is 19.2 Å². The maximum absolute atomic E-state index is 13.8. The number of nitrogens with one attached hydrogen (secondary N) is 1. The van der Waals surface area contributed by atoms with Crippen LogP contribution in [0.5, 0.6) is 0 Å². The van der Waals surface area contributed by atoms with Gasteiger partial charge in [-0.3, -0.25) is 19.9 Å². The van der Waals surface area contributed by atoms with Crippen LogP contribution in [0.15, 0.2) is 30.3 Å². The molecule has 38 heavy (non-hydrogen) atoms. The highest BCUT2D eigenvalue weighted by molar-refractivity contribution is 5.88. The number of amides is 1. The molecule has 0 bridgehead atoms. The van der Waals surface area contributed by atoms with Gasteiger partial charge in [0.05, 0.1) is 19.3 Å². The second-order valence-electron chi connectivity index (χ2n) is 9.29. The summed E-state index contributed by atoms with van der Waals surface area (Å²) in [7, 11) is 0. The molecule has 2 saturated heterocycles. The van der Waals surface area contributed by atoms with Gasteiger partial charge in [-0.05, 0) is 57.9 Å². The van der Waals surface area contributed by atoms with Gasteiger partial charge in [0.25, 0.3) is 5.91 Å². The second kappa shape index (κ2) is 14.7. The predicted molar refractivity (Wildman–Crippen MR) is 136 cm³/mol. The molecule has 2 aliphatic heterocycles. The summed E-state index contributed by atoms with van der Waals surface area (Å²) in [5.74, 6) is -1.36. The Hall–Kier alpha value is -3.18. The SMILES string of the molecule is CCOC(=O)OC(C)OC(=O)[C@@H]1CCCN2CCCC(N[C@@H](CCc3ccccc3)C(=O)OCC)C(=O)N12. The number of esters is 2. The fourth-order valence-corrected chi connectivity index (χ4v) is 4.80. The minimum Gasteiger partial charge on any atom is -0.465 e. The van der Waals surface area contributed by atoms with Gasteiger partial charge in [-0.2, -0.15) is 0 Å². The van der Waals surface area contributed by atoms with Crippen molar-refractivity contribution in [3.63, 3.8) is 0 Å². The van der Waals surface area contributed by atoms with E-state index in [1.54, 1.807) is 13.8 Å². The fourth-order valence-electron chi connectivity index (χ4n) is 4.80. The highest BCUT2D eigenvalue weighted by Crippen LogP contribution is 2.25. The van der Waals surface area contributed by atoms with Gasteiger partial charge < -0.3 is 18.9 Å². The summed E-state index contributed by atoms with van der Waals surface area (Å²) in [5, 5.41) is 6.58. The lowest BCUT2D eigenvalue weighted by Crippen LogP contribution is -2.62. The zero-order chi connectivity index (χ0) is 27.5. The van der Waals surface area contributed by atoms with Gasteiger partial charge >= 0.3 is 18.1 Å². The summed E-state index contributed by atoms with van der Waals surface area (Å²) < 4.78 is 20.3. The highest BCUT2D eigenvalue weighted by Gasteiger charge is 2.43. The quantitative estimate of drug-likeness (QED) is 0.258. The summed E-state index contributed by atoms with van der Waals surface area (Å²) in [6.07, 6.45) is 1.33. The number of nitrogens with zero attached hydrogens (tertiary/aromatic N) is 2. The van der Waals surface area contributed by atoms with E-state index >= 15 is 0 Å². The lowest BCUT2D eigenvalue weighted by Gasteiger charge is -2.43. The minimum absolute atomic E-state index is 0.131. The van der Waals surface area contributed by atoms with Crippen LogP contribution in [-0.2, 0) is 39.8 Å². The summed E-state index contributed by atoms with van der Waals surface area (Å²) >= 11 is 0. The zero-order valence-electron chi connectivity index (χ0n) is 22.4. The molecule has 3 rings (SSSR count). The topological polar surface area (TPSA) is 124 Å². The van der Waals surface area contributed by atoms with Crippen molar-refractivity contribution >= 4 is 24.0 Å². The summed E-state index contributed by atoms with van der Waals surface area (Å²) in [5.41, 5.74) is 1.08. The largest absolute Gasteiger partial charge is 0.511 e.